The number of thiazole rings is 1. The third-order valence-corrected chi connectivity index (χ3v) is 3.99. The third-order valence-electron chi connectivity index (χ3n) is 3.27. The summed E-state index contributed by atoms with van der Waals surface area (Å²) >= 11 is 1.24. The number of hydrogen-bond donors (Lipinski definition) is 2. The van der Waals surface area contributed by atoms with Crippen LogP contribution in [0.15, 0.2) is 10.2 Å². The summed E-state index contributed by atoms with van der Waals surface area (Å²) < 4.78 is 0. The molecule has 0 aliphatic heterocycles. The Kier molecular flexibility index (Phi) is 3.26. The van der Waals surface area contributed by atoms with Gasteiger partial charge in [0, 0.05) is 23.7 Å². The number of rotatable bonds is 4. The molecule has 1 aliphatic carbocycles. The third kappa shape index (κ3) is 2.69. The number of hydrogen-bond acceptors (Lipinski definition) is 3. The second-order valence-electron chi connectivity index (χ2n) is 4.73. The van der Waals surface area contributed by atoms with Crippen LogP contribution in [0.25, 0.3) is 0 Å². The maximum Gasteiger partial charge on any atom is 0.304 e. The van der Waals surface area contributed by atoms with Gasteiger partial charge in [-0.25, -0.2) is 0 Å². The highest BCUT2D eigenvalue weighted by molar-refractivity contribution is 7.07. The van der Waals surface area contributed by atoms with E-state index in [4.69, 9.17) is 0 Å². The van der Waals surface area contributed by atoms with Crippen LogP contribution in [0.2, 0.25) is 0 Å². The minimum Gasteiger partial charge on any atom is -0.315 e. The molecule has 0 spiro atoms. The van der Waals surface area contributed by atoms with Crippen molar-refractivity contribution in [3.63, 3.8) is 0 Å². The lowest BCUT2D eigenvalue weighted by Crippen LogP contribution is -2.42. The van der Waals surface area contributed by atoms with Gasteiger partial charge in [-0.1, -0.05) is 25.2 Å². The maximum absolute atomic E-state index is 10.9. The highest BCUT2D eigenvalue weighted by atomic mass is 32.1. The van der Waals surface area contributed by atoms with Crippen LogP contribution < -0.4 is 10.2 Å². The van der Waals surface area contributed by atoms with E-state index < -0.39 is 0 Å². The van der Waals surface area contributed by atoms with Crippen molar-refractivity contribution >= 4 is 11.3 Å². The number of aromatic nitrogens is 1. The van der Waals surface area contributed by atoms with Crippen molar-refractivity contribution in [1.82, 2.24) is 10.3 Å². The summed E-state index contributed by atoms with van der Waals surface area (Å²) in [6, 6.07) is 0.654. The van der Waals surface area contributed by atoms with Gasteiger partial charge in [0.15, 0.2) is 0 Å². The summed E-state index contributed by atoms with van der Waals surface area (Å²) in [6.45, 7) is 5.38. The average Bonchev–Trinajstić information content (AvgIpc) is 2.48. The standard InChI is InChI=1S/C11H18N2OS/c1-7(2)8-3-9(4-8)12-5-10-6-15-11(14)13-10/h6-9,12H,3-5H2,1-2H3,(H,13,14). The van der Waals surface area contributed by atoms with Gasteiger partial charge in [-0.3, -0.25) is 4.79 Å². The summed E-state index contributed by atoms with van der Waals surface area (Å²) in [5.41, 5.74) is 1.01. The molecule has 0 atom stereocenters. The lowest BCUT2D eigenvalue weighted by Gasteiger charge is -2.38. The van der Waals surface area contributed by atoms with Gasteiger partial charge in [-0.2, -0.15) is 0 Å². The zero-order valence-corrected chi connectivity index (χ0v) is 10.1. The fraction of sp³-hybridized carbons (Fsp3) is 0.727. The summed E-state index contributed by atoms with van der Waals surface area (Å²) in [5.74, 6) is 1.70. The van der Waals surface area contributed by atoms with E-state index in [1.165, 1.54) is 24.2 Å². The Hall–Kier alpha value is -0.610. The molecule has 1 aromatic heterocycles. The minimum atomic E-state index is 0.0421. The van der Waals surface area contributed by atoms with Crippen molar-refractivity contribution < 1.29 is 0 Å². The van der Waals surface area contributed by atoms with E-state index in [0.29, 0.717) is 6.04 Å². The van der Waals surface area contributed by atoms with E-state index >= 15 is 0 Å². The smallest absolute Gasteiger partial charge is 0.304 e. The average molecular weight is 226 g/mol. The second-order valence-corrected chi connectivity index (χ2v) is 5.57. The van der Waals surface area contributed by atoms with Crippen LogP contribution in [0.3, 0.4) is 0 Å². The topological polar surface area (TPSA) is 44.9 Å². The molecular weight excluding hydrogens is 208 g/mol. The van der Waals surface area contributed by atoms with Gasteiger partial charge in [-0.05, 0) is 24.7 Å². The van der Waals surface area contributed by atoms with E-state index in [1.54, 1.807) is 0 Å². The fourth-order valence-corrected chi connectivity index (χ4v) is 2.61. The molecule has 15 heavy (non-hydrogen) atoms. The Labute approximate surface area is 93.9 Å². The molecule has 4 heteroatoms. The molecule has 2 N–H and O–H groups in total. The van der Waals surface area contributed by atoms with Gasteiger partial charge in [-0.15, -0.1) is 0 Å². The van der Waals surface area contributed by atoms with Crippen molar-refractivity contribution in [2.75, 3.05) is 0 Å². The largest absolute Gasteiger partial charge is 0.315 e. The fourth-order valence-electron chi connectivity index (χ4n) is 2.03. The van der Waals surface area contributed by atoms with Gasteiger partial charge in [0.2, 0.25) is 0 Å². The van der Waals surface area contributed by atoms with Crippen molar-refractivity contribution in [3.8, 4) is 0 Å². The molecule has 3 nitrogen and oxygen atoms in total. The van der Waals surface area contributed by atoms with E-state index in [2.05, 4.69) is 24.1 Å². The molecule has 0 unspecified atom stereocenters. The molecule has 0 saturated heterocycles. The molecule has 1 heterocycles. The highest BCUT2D eigenvalue weighted by Crippen LogP contribution is 2.33. The first-order chi connectivity index (χ1) is 7.15. The molecule has 0 bridgehead atoms. The number of nitrogens with one attached hydrogen (secondary N) is 2. The molecule has 2 rings (SSSR count). The normalized spacial score (nSPS) is 25.5. The van der Waals surface area contributed by atoms with Gasteiger partial charge in [0.1, 0.15) is 0 Å². The van der Waals surface area contributed by atoms with Crippen molar-refractivity contribution in [2.24, 2.45) is 11.8 Å². The Morgan fingerprint density at radius 3 is 2.87 bits per heavy atom. The minimum absolute atomic E-state index is 0.0421. The molecule has 1 fully saturated rings. The van der Waals surface area contributed by atoms with E-state index in [0.717, 1.165) is 24.1 Å². The first-order valence-corrected chi connectivity index (χ1v) is 6.43. The summed E-state index contributed by atoms with van der Waals surface area (Å²) in [5, 5.41) is 5.37. The lowest BCUT2D eigenvalue weighted by atomic mass is 9.74. The van der Waals surface area contributed by atoms with Gasteiger partial charge < -0.3 is 10.3 Å². The molecule has 0 radical (unpaired) electrons. The van der Waals surface area contributed by atoms with E-state index in [9.17, 15) is 4.79 Å². The Morgan fingerprint density at radius 1 is 1.60 bits per heavy atom. The van der Waals surface area contributed by atoms with Crippen LogP contribution in [-0.4, -0.2) is 11.0 Å². The highest BCUT2D eigenvalue weighted by Gasteiger charge is 2.30. The summed E-state index contributed by atoms with van der Waals surface area (Å²) in [7, 11) is 0. The van der Waals surface area contributed by atoms with Gasteiger partial charge >= 0.3 is 4.87 Å². The number of H-pyrrole nitrogens is 1. The van der Waals surface area contributed by atoms with Crippen molar-refractivity contribution in [3.05, 3.63) is 20.7 Å². The zero-order valence-electron chi connectivity index (χ0n) is 9.25. The summed E-state index contributed by atoms with van der Waals surface area (Å²) in [6.07, 6.45) is 2.57. The van der Waals surface area contributed by atoms with Crippen LogP contribution in [0.4, 0.5) is 0 Å². The van der Waals surface area contributed by atoms with Gasteiger partial charge in [0.25, 0.3) is 0 Å². The SMILES string of the molecule is CC(C)C1CC(NCc2csc(=O)[nH]2)C1. The second kappa shape index (κ2) is 4.49. The monoisotopic (exact) mass is 226 g/mol. The number of aromatic amines is 1. The maximum atomic E-state index is 10.9. The van der Waals surface area contributed by atoms with E-state index in [1.807, 2.05) is 5.38 Å². The van der Waals surface area contributed by atoms with Crippen LogP contribution in [0.1, 0.15) is 32.4 Å². The first-order valence-electron chi connectivity index (χ1n) is 5.55. The molecule has 1 saturated carbocycles. The molecule has 1 aromatic rings. The predicted molar refractivity (Wildman–Crippen MR) is 63.1 cm³/mol. The Bertz CT molecular complexity index is 363. The van der Waals surface area contributed by atoms with Crippen molar-refractivity contribution in [1.29, 1.82) is 0 Å². The van der Waals surface area contributed by atoms with Crippen LogP contribution >= 0.6 is 11.3 Å². The van der Waals surface area contributed by atoms with Crippen LogP contribution in [0.5, 0.6) is 0 Å². The molecular formula is C11H18N2OS. The Morgan fingerprint density at radius 2 is 2.33 bits per heavy atom. The summed E-state index contributed by atoms with van der Waals surface area (Å²) in [4.78, 5) is 13.8. The predicted octanol–water partition coefficient (Wildman–Crippen LogP) is 1.96. The molecule has 0 amide bonds. The lowest BCUT2D eigenvalue weighted by molar-refractivity contribution is 0.167. The van der Waals surface area contributed by atoms with Crippen molar-refractivity contribution in [2.45, 2.75) is 39.3 Å². The molecule has 1 aliphatic rings. The molecule has 84 valence electrons. The quantitative estimate of drug-likeness (QED) is 0.824. The van der Waals surface area contributed by atoms with E-state index in [-0.39, 0.29) is 4.87 Å². The Balaban J connectivity index is 1.70. The first kappa shape index (κ1) is 10.9. The van der Waals surface area contributed by atoms with Crippen LogP contribution in [-0.2, 0) is 6.54 Å². The zero-order chi connectivity index (χ0) is 10.8. The molecule has 0 aromatic carbocycles. The van der Waals surface area contributed by atoms with Gasteiger partial charge in [0.05, 0.1) is 0 Å². The van der Waals surface area contributed by atoms with Crippen LogP contribution in [0, 0.1) is 11.8 Å².